The van der Waals surface area contributed by atoms with Crippen LogP contribution in [-0.4, -0.2) is 35.5 Å². The number of nitrogens with one attached hydrogen (secondary N) is 1. The molecule has 3 aliphatic rings. The van der Waals surface area contributed by atoms with Gasteiger partial charge in [-0.2, -0.15) is 0 Å². The van der Waals surface area contributed by atoms with Crippen molar-refractivity contribution in [3.8, 4) is 5.75 Å². The molecule has 5 heteroatoms. The van der Waals surface area contributed by atoms with Gasteiger partial charge >= 0.3 is 0 Å². The maximum absolute atomic E-state index is 12.1. The van der Waals surface area contributed by atoms with E-state index in [-0.39, 0.29) is 23.5 Å². The number of nitrogens with zero attached hydrogens (tertiary/aromatic N) is 1. The van der Waals surface area contributed by atoms with Crippen molar-refractivity contribution in [3.63, 3.8) is 0 Å². The van der Waals surface area contributed by atoms with E-state index >= 15 is 0 Å². The van der Waals surface area contributed by atoms with Gasteiger partial charge in [-0.25, -0.2) is 0 Å². The Balaban J connectivity index is 1.56. The summed E-state index contributed by atoms with van der Waals surface area (Å²) in [6, 6.07) is 10.5. The number of benzene rings is 2. The molecule has 1 aliphatic heterocycles. The average molecular weight is 397 g/mol. The molecule has 0 aromatic heterocycles. The first-order valence-corrected chi connectivity index (χ1v) is 10.5. The van der Waals surface area contributed by atoms with Gasteiger partial charge in [0.05, 0.1) is 5.02 Å². The Morgan fingerprint density at radius 1 is 1.11 bits per heavy atom. The number of hydrogen-bond acceptors (Lipinski definition) is 3. The van der Waals surface area contributed by atoms with Crippen LogP contribution in [0.5, 0.6) is 5.75 Å². The van der Waals surface area contributed by atoms with E-state index in [1.54, 1.807) is 0 Å². The normalized spacial score (nSPS) is 23.9. The number of anilines is 1. The Labute approximate surface area is 170 Å². The summed E-state index contributed by atoms with van der Waals surface area (Å²) in [4.78, 5) is 14.6. The number of hydrogen-bond donors (Lipinski definition) is 2. The third-order valence-corrected chi connectivity index (χ3v) is 6.93. The van der Waals surface area contributed by atoms with Crippen LogP contribution in [0.3, 0.4) is 0 Å². The van der Waals surface area contributed by atoms with Gasteiger partial charge in [-0.05, 0) is 85.7 Å². The molecule has 28 heavy (non-hydrogen) atoms. The third kappa shape index (κ3) is 3.09. The van der Waals surface area contributed by atoms with E-state index in [0.29, 0.717) is 11.1 Å². The molecule has 2 atom stereocenters. The lowest BCUT2D eigenvalue weighted by atomic mass is 9.74. The quantitative estimate of drug-likeness (QED) is 0.794. The highest BCUT2D eigenvalue weighted by atomic mass is 35.5. The number of amides is 1. The van der Waals surface area contributed by atoms with Gasteiger partial charge in [0.1, 0.15) is 5.75 Å². The predicted molar refractivity (Wildman–Crippen MR) is 111 cm³/mol. The fourth-order valence-electron chi connectivity index (χ4n) is 4.91. The number of rotatable bonds is 2. The molecule has 2 aliphatic carbocycles. The predicted octanol–water partition coefficient (Wildman–Crippen LogP) is 4.33. The molecular weight excluding hydrogens is 372 g/mol. The van der Waals surface area contributed by atoms with Crippen LogP contribution in [0, 0.1) is 5.92 Å². The molecule has 4 nitrogen and oxygen atoms in total. The monoisotopic (exact) mass is 396 g/mol. The van der Waals surface area contributed by atoms with Gasteiger partial charge in [-0.15, -0.1) is 0 Å². The summed E-state index contributed by atoms with van der Waals surface area (Å²) >= 11 is 6.21. The largest absolute Gasteiger partial charge is 0.506 e. The second-order valence-electron chi connectivity index (χ2n) is 8.49. The first kappa shape index (κ1) is 18.0. The fourth-order valence-corrected chi connectivity index (χ4v) is 5.09. The van der Waals surface area contributed by atoms with Crippen LogP contribution in [0.1, 0.15) is 47.4 Å². The highest BCUT2D eigenvalue weighted by Crippen LogP contribution is 2.45. The molecule has 0 radical (unpaired) electrons. The molecule has 2 aromatic carbocycles. The van der Waals surface area contributed by atoms with Gasteiger partial charge in [-0.1, -0.05) is 17.7 Å². The van der Waals surface area contributed by atoms with Gasteiger partial charge in [0, 0.05) is 30.1 Å². The zero-order chi connectivity index (χ0) is 19.4. The van der Waals surface area contributed by atoms with Gasteiger partial charge < -0.3 is 15.3 Å². The number of phenolic OH excluding ortho intramolecular Hbond substituents is 1. The smallest absolute Gasteiger partial charge is 0.227 e. The summed E-state index contributed by atoms with van der Waals surface area (Å²) in [6.07, 6.45) is 5.02. The number of likely N-dealkylation sites (N-methyl/N-ethyl adjacent to an activating group) is 1. The van der Waals surface area contributed by atoms with E-state index in [0.717, 1.165) is 44.3 Å². The Morgan fingerprint density at radius 3 is 2.68 bits per heavy atom. The first-order chi connectivity index (χ1) is 13.5. The second-order valence-corrected chi connectivity index (χ2v) is 8.90. The summed E-state index contributed by atoms with van der Waals surface area (Å²) in [5.74, 6) is 0.718. The first-order valence-electron chi connectivity index (χ1n) is 10.2. The van der Waals surface area contributed by atoms with Crippen molar-refractivity contribution in [2.75, 3.05) is 18.9 Å². The Morgan fingerprint density at radius 2 is 1.89 bits per heavy atom. The van der Waals surface area contributed by atoms with Crippen LogP contribution in [0.2, 0.25) is 5.02 Å². The minimum absolute atomic E-state index is 0.146. The topological polar surface area (TPSA) is 52.6 Å². The Kier molecular flexibility index (Phi) is 4.37. The van der Waals surface area contributed by atoms with Crippen LogP contribution in [0.4, 0.5) is 5.69 Å². The van der Waals surface area contributed by atoms with Crippen LogP contribution >= 0.6 is 11.6 Å². The van der Waals surface area contributed by atoms with Gasteiger partial charge in [-0.3, -0.25) is 4.79 Å². The van der Waals surface area contributed by atoms with E-state index in [4.69, 9.17) is 11.6 Å². The number of carbonyl (C=O) groups is 1. The van der Waals surface area contributed by atoms with Crippen LogP contribution in [0.25, 0.3) is 0 Å². The molecular formula is C23H25ClN2O2. The molecule has 5 rings (SSSR count). The molecule has 1 heterocycles. The standard InChI is InChI=1S/C23H25ClN2O2/c1-26-9-8-15-11-19(24)21(27)12-18(15)22-17-6-5-16(25-23(28)13-2-3-13)10-14(17)4-7-20(22)26/h5-6,10-13,20,22,27H,2-4,7-9H2,1H3,(H,25,28)/t20-,22+/m0/s1. The summed E-state index contributed by atoms with van der Waals surface area (Å²) in [5, 5.41) is 13.8. The van der Waals surface area contributed by atoms with Crippen molar-refractivity contribution in [2.45, 2.75) is 44.1 Å². The number of carbonyl (C=O) groups excluding carboxylic acids is 1. The van der Waals surface area contributed by atoms with E-state index in [1.807, 2.05) is 18.2 Å². The van der Waals surface area contributed by atoms with Crippen molar-refractivity contribution >= 4 is 23.2 Å². The van der Waals surface area contributed by atoms with Crippen LogP contribution in [0.15, 0.2) is 30.3 Å². The van der Waals surface area contributed by atoms with Crippen molar-refractivity contribution in [1.29, 1.82) is 0 Å². The highest BCUT2D eigenvalue weighted by molar-refractivity contribution is 6.32. The molecule has 1 amide bonds. The van der Waals surface area contributed by atoms with Crippen LogP contribution in [-0.2, 0) is 17.6 Å². The SMILES string of the molecule is CN1CCc2cc(Cl)c(O)cc2[C@H]2c3ccc(NC(=O)C4CC4)cc3CC[C@@H]21. The summed E-state index contributed by atoms with van der Waals surface area (Å²) in [5.41, 5.74) is 5.91. The zero-order valence-electron chi connectivity index (χ0n) is 16.0. The van der Waals surface area contributed by atoms with Crippen molar-refractivity contribution in [2.24, 2.45) is 5.92 Å². The van der Waals surface area contributed by atoms with Crippen molar-refractivity contribution in [3.05, 3.63) is 57.6 Å². The van der Waals surface area contributed by atoms with Crippen molar-refractivity contribution in [1.82, 2.24) is 4.90 Å². The maximum atomic E-state index is 12.1. The summed E-state index contributed by atoms with van der Waals surface area (Å²) < 4.78 is 0. The number of phenols is 1. The number of aromatic hydroxyl groups is 1. The lowest BCUT2D eigenvalue weighted by Gasteiger charge is -2.38. The van der Waals surface area contributed by atoms with Crippen molar-refractivity contribution < 1.29 is 9.90 Å². The van der Waals surface area contributed by atoms with Gasteiger partial charge in [0.15, 0.2) is 0 Å². The maximum Gasteiger partial charge on any atom is 0.227 e. The summed E-state index contributed by atoms with van der Waals surface area (Å²) in [6.45, 7) is 0.986. The molecule has 0 spiro atoms. The lowest BCUT2D eigenvalue weighted by Crippen LogP contribution is -2.39. The number of fused-ring (bicyclic) bond motifs is 5. The number of aryl methyl sites for hydroxylation is 1. The Hall–Kier alpha value is -2.04. The molecule has 1 fully saturated rings. The van der Waals surface area contributed by atoms with Gasteiger partial charge in [0.2, 0.25) is 5.91 Å². The zero-order valence-corrected chi connectivity index (χ0v) is 16.8. The molecule has 1 saturated carbocycles. The molecule has 146 valence electrons. The third-order valence-electron chi connectivity index (χ3n) is 6.63. The van der Waals surface area contributed by atoms with Crippen LogP contribution < -0.4 is 5.32 Å². The van der Waals surface area contributed by atoms with E-state index < -0.39 is 0 Å². The van der Waals surface area contributed by atoms with E-state index in [9.17, 15) is 9.90 Å². The molecule has 0 bridgehead atoms. The fraction of sp³-hybridized carbons (Fsp3) is 0.435. The summed E-state index contributed by atoms with van der Waals surface area (Å²) in [7, 11) is 2.19. The second kappa shape index (κ2) is 6.78. The minimum atomic E-state index is 0.146. The van der Waals surface area contributed by atoms with E-state index in [2.05, 4.69) is 29.4 Å². The molecule has 0 saturated heterocycles. The van der Waals surface area contributed by atoms with E-state index in [1.165, 1.54) is 22.3 Å². The molecule has 2 N–H and O–H groups in total. The molecule has 0 unspecified atom stereocenters. The van der Waals surface area contributed by atoms with Gasteiger partial charge in [0.25, 0.3) is 0 Å². The Bertz CT molecular complexity index is 954. The highest BCUT2D eigenvalue weighted by Gasteiger charge is 2.37. The lowest BCUT2D eigenvalue weighted by molar-refractivity contribution is -0.117. The number of halogens is 1. The minimum Gasteiger partial charge on any atom is -0.506 e. The average Bonchev–Trinajstić information content (AvgIpc) is 3.53. The molecule has 2 aromatic rings.